The predicted molar refractivity (Wildman–Crippen MR) is 77.0 cm³/mol. The van der Waals surface area contributed by atoms with E-state index in [1.807, 2.05) is 0 Å². The summed E-state index contributed by atoms with van der Waals surface area (Å²) < 4.78 is 0. The van der Waals surface area contributed by atoms with Gasteiger partial charge < -0.3 is 10.6 Å². The van der Waals surface area contributed by atoms with Crippen LogP contribution in [0.4, 0.5) is 0 Å². The molecule has 18 heavy (non-hydrogen) atoms. The molecule has 0 radical (unpaired) electrons. The fraction of sp³-hybridized carbons (Fsp3) is 0.929. The van der Waals surface area contributed by atoms with Gasteiger partial charge in [0.05, 0.1) is 6.04 Å². The van der Waals surface area contributed by atoms with Gasteiger partial charge in [-0.05, 0) is 50.0 Å². The van der Waals surface area contributed by atoms with E-state index in [0.717, 1.165) is 31.8 Å². The normalized spacial score (nSPS) is 25.4. The maximum absolute atomic E-state index is 11.9. The Morgan fingerprint density at radius 2 is 2.11 bits per heavy atom. The number of hydrogen-bond donors (Lipinski definition) is 2. The average molecular weight is 275 g/mol. The molecule has 2 aliphatic rings. The summed E-state index contributed by atoms with van der Waals surface area (Å²) in [6.45, 7) is 6.44. The topological polar surface area (TPSA) is 41.1 Å². The van der Waals surface area contributed by atoms with E-state index in [4.69, 9.17) is 0 Å². The van der Waals surface area contributed by atoms with Gasteiger partial charge in [0.15, 0.2) is 0 Å². The molecule has 1 heterocycles. The lowest BCUT2D eigenvalue weighted by atomic mass is 9.64. The molecule has 1 aliphatic heterocycles. The van der Waals surface area contributed by atoms with E-state index in [-0.39, 0.29) is 24.4 Å². The summed E-state index contributed by atoms with van der Waals surface area (Å²) in [5.74, 6) is 0.953. The summed E-state index contributed by atoms with van der Waals surface area (Å²) in [5, 5.41) is 6.43. The second-order valence-corrected chi connectivity index (χ2v) is 6.32. The molecule has 1 aliphatic carbocycles. The van der Waals surface area contributed by atoms with Crippen molar-refractivity contribution in [1.29, 1.82) is 0 Å². The summed E-state index contributed by atoms with van der Waals surface area (Å²) in [4.78, 5) is 11.9. The molecular formula is C14H27ClN2O. The first-order valence-electron chi connectivity index (χ1n) is 7.12. The van der Waals surface area contributed by atoms with Crippen molar-refractivity contribution < 1.29 is 4.79 Å². The first kappa shape index (κ1) is 15.8. The van der Waals surface area contributed by atoms with E-state index < -0.39 is 0 Å². The van der Waals surface area contributed by atoms with Gasteiger partial charge in [-0.2, -0.15) is 0 Å². The molecule has 0 spiro atoms. The molecule has 0 aromatic heterocycles. The zero-order valence-corrected chi connectivity index (χ0v) is 12.4. The molecule has 4 heteroatoms. The van der Waals surface area contributed by atoms with E-state index in [9.17, 15) is 4.79 Å². The van der Waals surface area contributed by atoms with E-state index >= 15 is 0 Å². The van der Waals surface area contributed by atoms with E-state index in [1.54, 1.807) is 0 Å². The van der Waals surface area contributed by atoms with Crippen molar-refractivity contribution in [1.82, 2.24) is 10.6 Å². The Kier molecular flexibility index (Phi) is 5.93. The van der Waals surface area contributed by atoms with Crippen LogP contribution in [0.2, 0.25) is 0 Å². The van der Waals surface area contributed by atoms with Crippen molar-refractivity contribution in [3.05, 3.63) is 0 Å². The summed E-state index contributed by atoms with van der Waals surface area (Å²) in [7, 11) is 0. The third-order valence-corrected chi connectivity index (χ3v) is 4.27. The van der Waals surface area contributed by atoms with E-state index in [2.05, 4.69) is 24.5 Å². The smallest absolute Gasteiger partial charge is 0.237 e. The number of hydrogen-bond acceptors (Lipinski definition) is 2. The van der Waals surface area contributed by atoms with Crippen LogP contribution in [0.15, 0.2) is 0 Å². The second-order valence-electron chi connectivity index (χ2n) is 6.32. The first-order valence-corrected chi connectivity index (χ1v) is 7.12. The zero-order chi connectivity index (χ0) is 12.3. The third-order valence-electron chi connectivity index (χ3n) is 4.27. The molecule has 106 valence electrons. The van der Waals surface area contributed by atoms with Gasteiger partial charge in [0.25, 0.3) is 0 Å². The van der Waals surface area contributed by atoms with Crippen LogP contribution in [-0.4, -0.2) is 25.0 Å². The molecule has 2 rings (SSSR count). The van der Waals surface area contributed by atoms with Crippen LogP contribution < -0.4 is 10.6 Å². The quantitative estimate of drug-likeness (QED) is 0.809. The van der Waals surface area contributed by atoms with Gasteiger partial charge in [-0.3, -0.25) is 4.79 Å². The highest BCUT2D eigenvalue weighted by molar-refractivity contribution is 5.85. The van der Waals surface area contributed by atoms with Crippen molar-refractivity contribution in [3.8, 4) is 0 Å². The average Bonchev–Trinajstić information content (AvgIpc) is 2.74. The maximum atomic E-state index is 11.9. The lowest BCUT2D eigenvalue weighted by Crippen LogP contribution is -2.47. The van der Waals surface area contributed by atoms with Crippen molar-refractivity contribution in [2.45, 2.75) is 58.4 Å². The Balaban J connectivity index is 0.00000162. The molecule has 1 unspecified atom stereocenters. The minimum atomic E-state index is 0. The summed E-state index contributed by atoms with van der Waals surface area (Å²) in [5.41, 5.74) is 0.419. The minimum absolute atomic E-state index is 0. The summed E-state index contributed by atoms with van der Waals surface area (Å²) >= 11 is 0. The van der Waals surface area contributed by atoms with Crippen molar-refractivity contribution in [2.24, 2.45) is 11.3 Å². The molecule has 0 bridgehead atoms. The van der Waals surface area contributed by atoms with Crippen molar-refractivity contribution in [2.75, 3.05) is 13.1 Å². The standard InChI is InChI=1S/C14H26N2O.ClH/c1-11(2)9-14(6-4-7-14)10-16-13(17)12-5-3-8-15-12;/h11-12,15H,3-10H2,1-2H3,(H,16,17);1H. The number of nitrogens with one attached hydrogen (secondary N) is 2. The third kappa shape index (κ3) is 3.86. The van der Waals surface area contributed by atoms with Crippen LogP contribution in [0.5, 0.6) is 0 Å². The molecule has 3 nitrogen and oxygen atoms in total. The molecule has 1 saturated heterocycles. The maximum Gasteiger partial charge on any atom is 0.237 e. The van der Waals surface area contributed by atoms with Gasteiger partial charge in [-0.25, -0.2) is 0 Å². The van der Waals surface area contributed by atoms with Crippen LogP contribution in [0.3, 0.4) is 0 Å². The lowest BCUT2D eigenvalue weighted by Gasteiger charge is -2.43. The Morgan fingerprint density at radius 3 is 2.56 bits per heavy atom. The predicted octanol–water partition coefficient (Wildman–Crippen LogP) is 2.49. The monoisotopic (exact) mass is 274 g/mol. The summed E-state index contributed by atoms with van der Waals surface area (Å²) in [6, 6.07) is 0.0752. The number of carbonyl (C=O) groups is 1. The Hall–Kier alpha value is -0.280. The number of carbonyl (C=O) groups excluding carboxylic acids is 1. The molecule has 0 aromatic rings. The molecule has 2 fully saturated rings. The largest absolute Gasteiger partial charge is 0.354 e. The van der Waals surface area contributed by atoms with Gasteiger partial charge >= 0.3 is 0 Å². The number of rotatable bonds is 5. The Bertz CT molecular complexity index is 271. The van der Waals surface area contributed by atoms with Crippen LogP contribution in [0.1, 0.15) is 52.4 Å². The minimum Gasteiger partial charge on any atom is -0.354 e. The van der Waals surface area contributed by atoms with Crippen molar-refractivity contribution in [3.63, 3.8) is 0 Å². The highest BCUT2D eigenvalue weighted by atomic mass is 35.5. The molecule has 1 atom stereocenters. The van der Waals surface area contributed by atoms with E-state index in [1.165, 1.54) is 25.7 Å². The van der Waals surface area contributed by atoms with Gasteiger partial charge in [0.2, 0.25) is 5.91 Å². The Labute approximate surface area is 117 Å². The zero-order valence-electron chi connectivity index (χ0n) is 11.6. The highest BCUT2D eigenvalue weighted by Gasteiger charge is 2.38. The fourth-order valence-corrected chi connectivity index (χ4v) is 3.30. The number of halogens is 1. The number of amides is 1. The highest BCUT2D eigenvalue weighted by Crippen LogP contribution is 2.45. The van der Waals surface area contributed by atoms with E-state index in [0.29, 0.717) is 5.41 Å². The SMILES string of the molecule is CC(C)CC1(CNC(=O)C2CCCN2)CCC1.Cl. The molecule has 1 saturated carbocycles. The molecular weight excluding hydrogens is 248 g/mol. The fourth-order valence-electron chi connectivity index (χ4n) is 3.30. The summed E-state index contributed by atoms with van der Waals surface area (Å²) in [6.07, 6.45) is 7.32. The molecule has 0 aromatic carbocycles. The lowest BCUT2D eigenvalue weighted by molar-refractivity contribution is -0.123. The molecule has 1 amide bonds. The van der Waals surface area contributed by atoms with Gasteiger partial charge in [0, 0.05) is 6.54 Å². The van der Waals surface area contributed by atoms with Gasteiger partial charge in [-0.1, -0.05) is 20.3 Å². The van der Waals surface area contributed by atoms with Crippen molar-refractivity contribution >= 4 is 18.3 Å². The second kappa shape index (κ2) is 6.76. The first-order chi connectivity index (χ1) is 8.11. The van der Waals surface area contributed by atoms with Crippen LogP contribution in [0, 0.1) is 11.3 Å². The van der Waals surface area contributed by atoms with Gasteiger partial charge in [0.1, 0.15) is 0 Å². The molecule has 2 N–H and O–H groups in total. The van der Waals surface area contributed by atoms with Crippen LogP contribution in [-0.2, 0) is 4.79 Å². The Morgan fingerprint density at radius 1 is 1.39 bits per heavy atom. The van der Waals surface area contributed by atoms with Crippen LogP contribution >= 0.6 is 12.4 Å². The van der Waals surface area contributed by atoms with Gasteiger partial charge in [-0.15, -0.1) is 12.4 Å². The van der Waals surface area contributed by atoms with Crippen LogP contribution in [0.25, 0.3) is 0 Å².